The molecular weight excluding hydrogens is 246 g/mol. The molecule has 1 saturated carbocycles. The van der Waals surface area contributed by atoms with Crippen molar-refractivity contribution in [2.75, 3.05) is 26.0 Å². The van der Waals surface area contributed by atoms with Gasteiger partial charge in [0.25, 0.3) is 0 Å². The summed E-state index contributed by atoms with van der Waals surface area (Å²) in [6, 6.07) is 0.350. The molecule has 3 nitrogen and oxygen atoms in total. The SMILES string of the molecule is CCC(CC)N(CCOC)C(=O)CC1(CS)CC1. The lowest BCUT2D eigenvalue weighted by Gasteiger charge is -2.31. The maximum Gasteiger partial charge on any atom is 0.223 e. The molecule has 0 unspecified atom stereocenters. The van der Waals surface area contributed by atoms with Crippen LogP contribution in [0.25, 0.3) is 0 Å². The van der Waals surface area contributed by atoms with Crippen molar-refractivity contribution in [3.05, 3.63) is 0 Å². The maximum atomic E-state index is 12.5. The van der Waals surface area contributed by atoms with Gasteiger partial charge in [-0.3, -0.25) is 4.79 Å². The summed E-state index contributed by atoms with van der Waals surface area (Å²) in [7, 11) is 1.69. The smallest absolute Gasteiger partial charge is 0.223 e. The van der Waals surface area contributed by atoms with Crippen LogP contribution in [0.1, 0.15) is 46.0 Å². The van der Waals surface area contributed by atoms with Crippen molar-refractivity contribution >= 4 is 18.5 Å². The first-order valence-electron chi connectivity index (χ1n) is 7.01. The Morgan fingerprint density at radius 2 is 2.00 bits per heavy atom. The van der Waals surface area contributed by atoms with E-state index in [-0.39, 0.29) is 11.3 Å². The van der Waals surface area contributed by atoms with Gasteiger partial charge in [0.2, 0.25) is 5.91 Å². The molecule has 1 fully saturated rings. The minimum atomic E-state index is 0.206. The third-order valence-corrected chi connectivity index (χ3v) is 4.73. The van der Waals surface area contributed by atoms with E-state index in [4.69, 9.17) is 4.74 Å². The highest BCUT2D eigenvalue weighted by Crippen LogP contribution is 2.49. The molecule has 0 atom stereocenters. The lowest BCUT2D eigenvalue weighted by atomic mass is 10.0. The third kappa shape index (κ3) is 4.16. The van der Waals surface area contributed by atoms with Crippen LogP contribution in [0.15, 0.2) is 0 Å². The number of hydrogen-bond donors (Lipinski definition) is 1. The highest BCUT2D eigenvalue weighted by atomic mass is 32.1. The summed E-state index contributed by atoms with van der Waals surface area (Å²) in [5.41, 5.74) is 0.206. The minimum Gasteiger partial charge on any atom is -0.383 e. The van der Waals surface area contributed by atoms with Gasteiger partial charge in [-0.25, -0.2) is 0 Å². The Morgan fingerprint density at radius 1 is 1.39 bits per heavy atom. The maximum absolute atomic E-state index is 12.5. The molecule has 0 aliphatic heterocycles. The second-order valence-corrected chi connectivity index (χ2v) is 5.70. The monoisotopic (exact) mass is 273 g/mol. The van der Waals surface area contributed by atoms with Crippen molar-refractivity contribution in [3.8, 4) is 0 Å². The number of rotatable bonds is 9. The summed E-state index contributed by atoms with van der Waals surface area (Å²) >= 11 is 4.38. The second-order valence-electron chi connectivity index (χ2n) is 5.39. The summed E-state index contributed by atoms with van der Waals surface area (Å²) in [5, 5.41) is 0. The molecule has 0 spiro atoms. The van der Waals surface area contributed by atoms with Gasteiger partial charge in [-0.05, 0) is 36.9 Å². The third-order valence-electron chi connectivity index (χ3n) is 4.06. The Kier molecular flexibility index (Phi) is 6.50. The molecule has 1 aliphatic rings. The Hall–Kier alpha value is -0.220. The predicted molar refractivity (Wildman–Crippen MR) is 78.1 cm³/mol. The molecule has 4 heteroatoms. The van der Waals surface area contributed by atoms with E-state index in [2.05, 4.69) is 26.5 Å². The first-order chi connectivity index (χ1) is 8.62. The first-order valence-corrected chi connectivity index (χ1v) is 7.65. The van der Waals surface area contributed by atoms with Crippen LogP contribution in [-0.2, 0) is 9.53 Å². The molecule has 0 bridgehead atoms. The second kappa shape index (κ2) is 7.39. The van der Waals surface area contributed by atoms with E-state index in [0.717, 1.165) is 31.4 Å². The number of nitrogens with zero attached hydrogens (tertiary/aromatic N) is 1. The molecule has 0 saturated heterocycles. The van der Waals surface area contributed by atoms with Crippen LogP contribution in [-0.4, -0.2) is 42.9 Å². The molecule has 0 N–H and O–H groups in total. The van der Waals surface area contributed by atoms with Gasteiger partial charge in [-0.15, -0.1) is 0 Å². The van der Waals surface area contributed by atoms with E-state index in [9.17, 15) is 4.79 Å². The highest BCUT2D eigenvalue weighted by molar-refractivity contribution is 7.80. The zero-order valence-corrected chi connectivity index (χ0v) is 12.8. The summed E-state index contributed by atoms with van der Waals surface area (Å²) in [5.74, 6) is 1.12. The molecule has 1 aliphatic carbocycles. The van der Waals surface area contributed by atoms with Crippen molar-refractivity contribution < 1.29 is 9.53 Å². The molecule has 106 valence electrons. The molecule has 1 amide bonds. The van der Waals surface area contributed by atoms with Gasteiger partial charge >= 0.3 is 0 Å². The van der Waals surface area contributed by atoms with Gasteiger partial charge in [-0.1, -0.05) is 13.8 Å². The number of hydrogen-bond acceptors (Lipinski definition) is 3. The van der Waals surface area contributed by atoms with Crippen LogP contribution in [0.5, 0.6) is 0 Å². The van der Waals surface area contributed by atoms with E-state index in [1.807, 2.05) is 4.90 Å². The summed E-state index contributed by atoms with van der Waals surface area (Å²) in [6.07, 6.45) is 5.00. The Balaban J connectivity index is 2.59. The quantitative estimate of drug-likeness (QED) is 0.655. The van der Waals surface area contributed by atoms with E-state index in [0.29, 0.717) is 25.6 Å². The van der Waals surface area contributed by atoms with Gasteiger partial charge in [-0.2, -0.15) is 12.6 Å². The van der Waals surface area contributed by atoms with E-state index < -0.39 is 0 Å². The minimum absolute atomic E-state index is 0.206. The largest absolute Gasteiger partial charge is 0.383 e. The summed E-state index contributed by atoms with van der Waals surface area (Å²) in [6.45, 7) is 5.62. The van der Waals surface area contributed by atoms with Crippen molar-refractivity contribution in [3.63, 3.8) is 0 Å². The standard InChI is InChI=1S/C14H27NO2S/c1-4-12(5-2)15(8-9-17-3)13(16)10-14(11-18)6-7-14/h12,18H,4-11H2,1-3H3. The fraction of sp³-hybridized carbons (Fsp3) is 0.929. The van der Waals surface area contributed by atoms with Gasteiger partial charge < -0.3 is 9.64 Å². The van der Waals surface area contributed by atoms with Crippen LogP contribution in [0.4, 0.5) is 0 Å². The number of thiol groups is 1. The summed E-state index contributed by atoms with van der Waals surface area (Å²) in [4.78, 5) is 14.5. The van der Waals surface area contributed by atoms with Gasteiger partial charge in [0, 0.05) is 26.1 Å². The van der Waals surface area contributed by atoms with Gasteiger partial charge in [0.1, 0.15) is 0 Å². The van der Waals surface area contributed by atoms with Crippen molar-refractivity contribution in [2.45, 2.75) is 52.0 Å². The van der Waals surface area contributed by atoms with Crippen LogP contribution in [0.3, 0.4) is 0 Å². The first kappa shape index (κ1) is 15.8. The van der Waals surface area contributed by atoms with Crippen molar-refractivity contribution in [2.24, 2.45) is 5.41 Å². The van der Waals surface area contributed by atoms with E-state index >= 15 is 0 Å². The van der Waals surface area contributed by atoms with Gasteiger partial charge in [0.15, 0.2) is 0 Å². The topological polar surface area (TPSA) is 29.5 Å². The molecule has 18 heavy (non-hydrogen) atoms. The molecule has 0 radical (unpaired) electrons. The van der Waals surface area contributed by atoms with E-state index in [1.165, 1.54) is 0 Å². The van der Waals surface area contributed by atoms with Crippen LogP contribution < -0.4 is 0 Å². The summed E-state index contributed by atoms with van der Waals surface area (Å²) < 4.78 is 5.12. The Bertz CT molecular complexity index is 263. The molecule has 0 aromatic carbocycles. The van der Waals surface area contributed by atoms with E-state index in [1.54, 1.807) is 7.11 Å². The van der Waals surface area contributed by atoms with Crippen LogP contribution in [0, 0.1) is 5.41 Å². The number of methoxy groups -OCH3 is 1. The van der Waals surface area contributed by atoms with Crippen LogP contribution >= 0.6 is 12.6 Å². The Morgan fingerprint density at radius 3 is 2.39 bits per heavy atom. The predicted octanol–water partition coefficient (Wildman–Crippen LogP) is 2.75. The lowest BCUT2D eigenvalue weighted by molar-refractivity contribution is -0.135. The average Bonchev–Trinajstić information content (AvgIpc) is 3.14. The zero-order valence-electron chi connectivity index (χ0n) is 11.9. The molecule has 0 aromatic rings. The molecular formula is C14H27NO2S. The number of ether oxygens (including phenoxy) is 1. The molecule has 0 heterocycles. The number of carbonyl (C=O) groups is 1. The molecule has 0 aromatic heterocycles. The fourth-order valence-electron chi connectivity index (χ4n) is 2.42. The lowest BCUT2D eigenvalue weighted by Crippen LogP contribution is -2.42. The molecule has 1 rings (SSSR count). The average molecular weight is 273 g/mol. The highest BCUT2D eigenvalue weighted by Gasteiger charge is 2.44. The Labute approximate surface area is 117 Å². The normalized spacial score (nSPS) is 16.9. The van der Waals surface area contributed by atoms with Crippen molar-refractivity contribution in [1.29, 1.82) is 0 Å². The van der Waals surface area contributed by atoms with Gasteiger partial charge in [0.05, 0.1) is 6.61 Å². The zero-order chi connectivity index (χ0) is 13.6. The number of amides is 1. The van der Waals surface area contributed by atoms with Crippen LogP contribution in [0.2, 0.25) is 0 Å². The fourth-order valence-corrected chi connectivity index (χ4v) is 2.85. The number of carbonyl (C=O) groups excluding carboxylic acids is 1. The van der Waals surface area contributed by atoms with Crippen molar-refractivity contribution in [1.82, 2.24) is 4.90 Å².